The van der Waals surface area contributed by atoms with Crippen LogP contribution in [0.3, 0.4) is 0 Å². The number of carbonyl (C=O) groups excluding carboxylic acids is 1. The lowest BCUT2D eigenvalue weighted by Crippen LogP contribution is -2.27. The van der Waals surface area contributed by atoms with Crippen molar-refractivity contribution in [2.75, 3.05) is 13.1 Å². The number of aromatic nitrogens is 1. The second-order valence-electron chi connectivity index (χ2n) is 4.66. The van der Waals surface area contributed by atoms with Crippen LogP contribution in [0.25, 0.3) is 11.1 Å². The van der Waals surface area contributed by atoms with Crippen molar-refractivity contribution in [3.8, 4) is 0 Å². The average Bonchev–Trinajstić information content (AvgIpc) is 2.91. The molecule has 100 valence electrons. The first kappa shape index (κ1) is 12.0. The zero-order valence-electron chi connectivity index (χ0n) is 10.6. The zero-order chi connectivity index (χ0) is 13.4. The number of benzene rings is 1. The zero-order valence-corrected chi connectivity index (χ0v) is 10.6. The number of ether oxygens (including phenoxy) is 1. The molecule has 1 fully saturated rings. The monoisotopic (exact) mass is 261 g/mol. The summed E-state index contributed by atoms with van der Waals surface area (Å²) < 4.78 is 10.5. The molecule has 1 amide bonds. The van der Waals surface area contributed by atoms with Gasteiger partial charge in [0, 0.05) is 20.0 Å². The van der Waals surface area contributed by atoms with Crippen molar-refractivity contribution in [2.45, 2.75) is 19.6 Å². The normalized spacial score (nSPS) is 19.2. The third-order valence-electron chi connectivity index (χ3n) is 3.14. The van der Waals surface area contributed by atoms with Gasteiger partial charge in [-0.2, -0.15) is 0 Å². The second-order valence-corrected chi connectivity index (χ2v) is 4.66. The minimum Gasteiger partial charge on any atom is -0.443 e. The molecule has 19 heavy (non-hydrogen) atoms. The van der Waals surface area contributed by atoms with Crippen molar-refractivity contribution < 1.29 is 13.9 Å². The molecule has 2 N–H and O–H groups in total. The maximum absolute atomic E-state index is 11.6. The number of hydrogen-bond donors (Lipinski definition) is 1. The Labute approximate surface area is 110 Å². The van der Waals surface area contributed by atoms with Gasteiger partial charge in [0.15, 0.2) is 11.5 Å². The summed E-state index contributed by atoms with van der Waals surface area (Å²) in [6, 6.07) is 5.72. The molecule has 1 aliphatic heterocycles. The maximum atomic E-state index is 11.6. The highest BCUT2D eigenvalue weighted by Crippen LogP contribution is 2.20. The van der Waals surface area contributed by atoms with Gasteiger partial charge in [-0.3, -0.25) is 0 Å². The predicted molar refractivity (Wildman–Crippen MR) is 68.5 cm³/mol. The largest absolute Gasteiger partial charge is 0.443 e. The molecule has 3 rings (SSSR count). The Balaban J connectivity index is 1.79. The number of cyclic esters (lactones) is 1. The molecule has 1 atom stereocenters. The van der Waals surface area contributed by atoms with Crippen LogP contribution < -0.4 is 5.73 Å². The van der Waals surface area contributed by atoms with Crippen molar-refractivity contribution in [3.63, 3.8) is 0 Å². The Morgan fingerprint density at radius 2 is 2.37 bits per heavy atom. The molecule has 2 aromatic rings. The molecule has 1 unspecified atom stereocenters. The standard InChI is InChI=1S/C13H15N3O3/c1-8-15-11-4-9(2-3-12(11)18-8)6-16-7-10(5-14)19-13(16)17/h2-4,10H,5-7,14H2,1H3. The predicted octanol–water partition coefficient (Wildman–Crippen LogP) is 1.42. The number of amides is 1. The van der Waals surface area contributed by atoms with Crippen molar-refractivity contribution >= 4 is 17.2 Å². The molecule has 1 aromatic heterocycles. The smallest absolute Gasteiger partial charge is 0.410 e. The third kappa shape index (κ3) is 2.26. The third-order valence-corrected chi connectivity index (χ3v) is 3.14. The summed E-state index contributed by atoms with van der Waals surface area (Å²) >= 11 is 0. The Kier molecular flexibility index (Phi) is 2.87. The number of nitrogens with zero attached hydrogens (tertiary/aromatic N) is 2. The van der Waals surface area contributed by atoms with Gasteiger partial charge >= 0.3 is 6.09 Å². The lowest BCUT2D eigenvalue weighted by molar-refractivity contribution is 0.134. The number of rotatable bonds is 3. The molecule has 0 bridgehead atoms. The van der Waals surface area contributed by atoms with E-state index in [1.807, 2.05) is 25.1 Å². The summed E-state index contributed by atoms with van der Waals surface area (Å²) in [5.74, 6) is 0.635. The Morgan fingerprint density at radius 1 is 1.53 bits per heavy atom. The SMILES string of the molecule is Cc1nc2cc(CN3CC(CN)OC3=O)ccc2o1. The fourth-order valence-electron chi connectivity index (χ4n) is 2.23. The summed E-state index contributed by atoms with van der Waals surface area (Å²) in [4.78, 5) is 17.6. The van der Waals surface area contributed by atoms with Gasteiger partial charge in [0.05, 0.1) is 6.54 Å². The molecule has 0 aliphatic carbocycles. The van der Waals surface area contributed by atoms with Gasteiger partial charge in [0.1, 0.15) is 11.6 Å². The first-order valence-corrected chi connectivity index (χ1v) is 6.17. The highest BCUT2D eigenvalue weighted by atomic mass is 16.6. The Morgan fingerprint density at radius 3 is 3.11 bits per heavy atom. The number of carbonyl (C=O) groups is 1. The van der Waals surface area contributed by atoms with Crippen LogP contribution in [0.15, 0.2) is 22.6 Å². The van der Waals surface area contributed by atoms with E-state index in [0.717, 1.165) is 16.7 Å². The quantitative estimate of drug-likeness (QED) is 0.903. The molecular formula is C13H15N3O3. The van der Waals surface area contributed by atoms with Crippen LogP contribution >= 0.6 is 0 Å². The van der Waals surface area contributed by atoms with Crippen molar-refractivity contribution in [1.29, 1.82) is 0 Å². The van der Waals surface area contributed by atoms with E-state index in [0.29, 0.717) is 25.5 Å². The molecule has 1 saturated heterocycles. The molecule has 0 spiro atoms. The van der Waals surface area contributed by atoms with Crippen LogP contribution in [-0.2, 0) is 11.3 Å². The highest BCUT2D eigenvalue weighted by Gasteiger charge is 2.30. The first-order valence-electron chi connectivity index (χ1n) is 6.17. The van der Waals surface area contributed by atoms with Crippen LogP contribution in [0.5, 0.6) is 0 Å². The summed E-state index contributed by atoms with van der Waals surface area (Å²) in [6.45, 7) is 3.19. The fraction of sp³-hybridized carbons (Fsp3) is 0.385. The van der Waals surface area contributed by atoms with Crippen LogP contribution in [0, 0.1) is 6.92 Å². The first-order chi connectivity index (χ1) is 9.15. The Hall–Kier alpha value is -2.08. The van der Waals surface area contributed by atoms with E-state index in [4.69, 9.17) is 14.9 Å². The Bertz CT molecular complexity index is 623. The maximum Gasteiger partial charge on any atom is 0.410 e. The summed E-state index contributed by atoms with van der Waals surface area (Å²) in [5, 5.41) is 0. The van der Waals surface area contributed by atoms with Crippen LogP contribution in [0.4, 0.5) is 4.79 Å². The lowest BCUT2D eigenvalue weighted by atomic mass is 10.2. The molecular weight excluding hydrogens is 246 g/mol. The highest BCUT2D eigenvalue weighted by molar-refractivity contribution is 5.74. The molecule has 1 aromatic carbocycles. The molecule has 6 heteroatoms. The van der Waals surface area contributed by atoms with Gasteiger partial charge in [-0.25, -0.2) is 9.78 Å². The topological polar surface area (TPSA) is 81.6 Å². The average molecular weight is 261 g/mol. The van der Waals surface area contributed by atoms with E-state index < -0.39 is 0 Å². The van der Waals surface area contributed by atoms with E-state index in [1.165, 1.54) is 0 Å². The molecule has 6 nitrogen and oxygen atoms in total. The van der Waals surface area contributed by atoms with Crippen molar-refractivity contribution in [1.82, 2.24) is 9.88 Å². The second kappa shape index (κ2) is 4.55. The molecule has 0 radical (unpaired) electrons. The van der Waals surface area contributed by atoms with E-state index in [9.17, 15) is 4.79 Å². The number of hydrogen-bond acceptors (Lipinski definition) is 5. The van der Waals surface area contributed by atoms with Crippen molar-refractivity contribution in [2.24, 2.45) is 5.73 Å². The van der Waals surface area contributed by atoms with Gasteiger partial charge in [-0.15, -0.1) is 0 Å². The van der Waals surface area contributed by atoms with E-state index in [2.05, 4.69) is 4.98 Å². The number of fused-ring (bicyclic) bond motifs is 1. The molecule has 0 saturated carbocycles. The number of oxazole rings is 1. The van der Waals surface area contributed by atoms with Gasteiger partial charge in [0.25, 0.3) is 0 Å². The van der Waals surface area contributed by atoms with Gasteiger partial charge in [-0.05, 0) is 17.7 Å². The number of aryl methyl sites for hydroxylation is 1. The van der Waals surface area contributed by atoms with Crippen LogP contribution in [0.2, 0.25) is 0 Å². The minimum absolute atomic E-state index is 0.203. The van der Waals surface area contributed by atoms with Crippen molar-refractivity contribution in [3.05, 3.63) is 29.7 Å². The number of nitrogens with two attached hydrogens (primary N) is 1. The van der Waals surface area contributed by atoms with E-state index in [-0.39, 0.29) is 12.2 Å². The molecule has 2 heterocycles. The van der Waals surface area contributed by atoms with Crippen LogP contribution in [-0.4, -0.2) is 35.2 Å². The summed E-state index contributed by atoms with van der Waals surface area (Å²) in [6.07, 6.45) is -0.516. The lowest BCUT2D eigenvalue weighted by Gasteiger charge is -2.12. The van der Waals surface area contributed by atoms with Gasteiger partial charge < -0.3 is 19.8 Å². The van der Waals surface area contributed by atoms with Crippen LogP contribution in [0.1, 0.15) is 11.5 Å². The fourth-order valence-corrected chi connectivity index (χ4v) is 2.23. The molecule has 1 aliphatic rings. The summed E-state index contributed by atoms with van der Waals surface area (Å²) in [7, 11) is 0. The van der Waals surface area contributed by atoms with E-state index >= 15 is 0 Å². The van der Waals surface area contributed by atoms with Gasteiger partial charge in [-0.1, -0.05) is 6.07 Å². The summed E-state index contributed by atoms with van der Waals surface area (Å²) in [5.41, 5.74) is 8.06. The minimum atomic E-state index is -0.313. The van der Waals surface area contributed by atoms with Gasteiger partial charge in [0.2, 0.25) is 0 Å². The van der Waals surface area contributed by atoms with E-state index in [1.54, 1.807) is 4.90 Å².